The monoisotopic (exact) mass is 277 g/mol. The minimum atomic E-state index is -0.262. The van der Waals surface area contributed by atoms with Gasteiger partial charge in [-0.3, -0.25) is 4.79 Å². The molecule has 0 aromatic heterocycles. The van der Waals surface area contributed by atoms with Gasteiger partial charge in [-0.2, -0.15) is 15.8 Å². The molecule has 21 heavy (non-hydrogen) atoms. The molecule has 1 N–H and O–H groups in total. The summed E-state index contributed by atoms with van der Waals surface area (Å²) in [6, 6.07) is 10.5. The molecule has 0 atom stereocenters. The minimum Gasteiger partial charge on any atom is -0.345 e. The fourth-order valence-corrected chi connectivity index (χ4v) is 2.09. The van der Waals surface area contributed by atoms with Crippen molar-refractivity contribution in [2.75, 3.05) is 12.4 Å². The van der Waals surface area contributed by atoms with Gasteiger partial charge < -0.3 is 10.2 Å². The molecule has 1 amide bonds. The number of nitriles is 3. The van der Waals surface area contributed by atoms with E-state index in [1.54, 1.807) is 30.2 Å². The lowest BCUT2D eigenvalue weighted by atomic mass is 9.99. The molecule has 1 heterocycles. The predicted octanol–water partition coefficient (Wildman–Crippen LogP) is 1.44. The lowest BCUT2D eigenvalue weighted by Crippen LogP contribution is -2.32. The number of fused-ring (bicyclic) bond motifs is 1. The molecule has 0 saturated heterocycles. The Balaban J connectivity index is 2.33. The Morgan fingerprint density at radius 3 is 2.52 bits per heavy atom. The first-order chi connectivity index (χ1) is 10.1. The summed E-state index contributed by atoms with van der Waals surface area (Å²) in [5, 5.41) is 29.4. The van der Waals surface area contributed by atoms with Gasteiger partial charge in [0.15, 0.2) is 5.57 Å². The Labute approximate surface area is 122 Å². The second-order valence-corrected chi connectivity index (χ2v) is 4.62. The van der Waals surface area contributed by atoms with Crippen molar-refractivity contribution in [3.63, 3.8) is 0 Å². The zero-order chi connectivity index (χ0) is 15.4. The van der Waals surface area contributed by atoms with Crippen LogP contribution in [-0.4, -0.2) is 17.9 Å². The van der Waals surface area contributed by atoms with Crippen LogP contribution in [0.15, 0.2) is 29.5 Å². The van der Waals surface area contributed by atoms with E-state index in [0.29, 0.717) is 18.7 Å². The molecule has 1 aromatic carbocycles. The lowest BCUT2D eigenvalue weighted by Gasteiger charge is -2.25. The number of anilines is 1. The maximum Gasteiger partial charge on any atom is 0.227 e. The number of hydrogen-bond donors (Lipinski definition) is 1. The van der Waals surface area contributed by atoms with Gasteiger partial charge in [-0.15, -0.1) is 0 Å². The molecule has 0 spiro atoms. The van der Waals surface area contributed by atoms with Crippen molar-refractivity contribution in [1.82, 2.24) is 4.90 Å². The molecule has 0 saturated carbocycles. The van der Waals surface area contributed by atoms with Crippen LogP contribution in [0.2, 0.25) is 0 Å². The van der Waals surface area contributed by atoms with Crippen molar-refractivity contribution >= 4 is 11.6 Å². The van der Waals surface area contributed by atoms with E-state index in [2.05, 4.69) is 5.32 Å². The van der Waals surface area contributed by atoms with E-state index in [1.807, 2.05) is 18.2 Å². The molecule has 2 rings (SSSR count). The number of benzene rings is 1. The maximum absolute atomic E-state index is 11.6. The van der Waals surface area contributed by atoms with Crippen molar-refractivity contribution in [2.45, 2.75) is 13.0 Å². The van der Waals surface area contributed by atoms with Crippen molar-refractivity contribution in [2.24, 2.45) is 0 Å². The quantitative estimate of drug-likeness (QED) is 0.824. The van der Waals surface area contributed by atoms with E-state index >= 15 is 0 Å². The number of hydrogen-bond acceptors (Lipinski definition) is 5. The Kier molecular flexibility index (Phi) is 3.88. The van der Waals surface area contributed by atoms with Gasteiger partial charge in [0.05, 0.1) is 6.42 Å². The summed E-state index contributed by atoms with van der Waals surface area (Å²) in [4.78, 5) is 13.2. The highest BCUT2D eigenvalue weighted by Gasteiger charge is 2.20. The smallest absolute Gasteiger partial charge is 0.227 e. The van der Waals surface area contributed by atoms with Gasteiger partial charge >= 0.3 is 0 Å². The van der Waals surface area contributed by atoms with Crippen molar-refractivity contribution in [3.05, 3.63) is 40.6 Å². The molecule has 102 valence electrons. The molecule has 6 heteroatoms. The molecule has 0 radical (unpaired) electrons. The maximum atomic E-state index is 11.6. The van der Waals surface area contributed by atoms with Gasteiger partial charge in [-0.25, -0.2) is 0 Å². The average molecular weight is 277 g/mol. The number of nitrogens with one attached hydrogen (secondary N) is 1. The largest absolute Gasteiger partial charge is 0.345 e. The van der Waals surface area contributed by atoms with Gasteiger partial charge in [0.25, 0.3) is 0 Å². The number of rotatable bonds is 2. The van der Waals surface area contributed by atoms with E-state index in [4.69, 9.17) is 15.8 Å². The summed E-state index contributed by atoms with van der Waals surface area (Å²) < 4.78 is 0. The molecule has 6 nitrogen and oxygen atoms in total. The van der Waals surface area contributed by atoms with Crippen LogP contribution < -0.4 is 5.32 Å². The normalized spacial score (nSPS) is 12.5. The van der Waals surface area contributed by atoms with E-state index in [9.17, 15) is 4.79 Å². The van der Waals surface area contributed by atoms with E-state index < -0.39 is 0 Å². The Morgan fingerprint density at radius 1 is 1.19 bits per heavy atom. The van der Waals surface area contributed by atoms with E-state index in [-0.39, 0.29) is 17.2 Å². The van der Waals surface area contributed by atoms with Gasteiger partial charge in [-0.1, -0.05) is 6.07 Å². The van der Waals surface area contributed by atoms with Crippen LogP contribution >= 0.6 is 0 Å². The third kappa shape index (κ3) is 2.83. The zero-order valence-electron chi connectivity index (χ0n) is 11.3. The molecule has 0 fully saturated rings. The number of carbonyl (C=O) groups is 1. The van der Waals surface area contributed by atoms with Crippen LogP contribution in [0, 0.1) is 34.0 Å². The third-order valence-corrected chi connectivity index (χ3v) is 3.24. The topological polar surface area (TPSA) is 104 Å². The molecule has 1 aliphatic heterocycles. The molecular formula is C15H11N5O. The Bertz CT molecular complexity index is 742. The minimum absolute atomic E-state index is 0.0667. The third-order valence-electron chi connectivity index (χ3n) is 3.24. The van der Waals surface area contributed by atoms with Gasteiger partial charge in [-0.05, 0) is 23.3 Å². The summed E-state index contributed by atoms with van der Waals surface area (Å²) in [6.07, 6.45) is 0.356. The Morgan fingerprint density at radius 2 is 1.90 bits per heavy atom. The van der Waals surface area contributed by atoms with Crippen molar-refractivity contribution in [1.29, 1.82) is 15.8 Å². The van der Waals surface area contributed by atoms with E-state index in [1.165, 1.54) is 0 Å². The van der Waals surface area contributed by atoms with E-state index in [0.717, 1.165) is 11.1 Å². The highest BCUT2D eigenvalue weighted by Crippen LogP contribution is 2.23. The van der Waals surface area contributed by atoms with Crippen LogP contribution in [0.25, 0.3) is 0 Å². The van der Waals surface area contributed by atoms with Crippen LogP contribution in [0.5, 0.6) is 0 Å². The summed E-state index contributed by atoms with van der Waals surface area (Å²) in [5.41, 5.74) is 2.19. The van der Waals surface area contributed by atoms with Crippen molar-refractivity contribution in [3.8, 4) is 18.2 Å². The predicted molar refractivity (Wildman–Crippen MR) is 74.1 cm³/mol. The first-order valence-corrected chi connectivity index (χ1v) is 6.16. The standard InChI is InChI=1S/C15H11N5O/c1-20-9-11-4-13(3-2-10(11)5-15(20)21)19-14(8-18)12(6-16)7-17/h2-4,19H,5,9H2,1H3. The first kappa shape index (κ1) is 14.1. The number of allylic oxidation sites excluding steroid dienone is 2. The number of likely N-dealkylation sites (N-methyl/N-ethyl adjacent to an activating group) is 1. The molecule has 0 aliphatic carbocycles. The summed E-state index contributed by atoms with van der Waals surface area (Å²) in [6.45, 7) is 0.499. The van der Waals surface area contributed by atoms with Crippen LogP contribution in [0.3, 0.4) is 0 Å². The molecular weight excluding hydrogens is 266 g/mol. The fourth-order valence-electron chi connectivity index (χ4n) is 2.09. The second-order valence-electron chi connectivity index (χ2n) is 4.62. The number of nitrogens with zero attached hydrogens (tertiary/aromatic N) is 4. The van der Waals surface area contributed by atoms with Crippen LogP contribution in [0.1, 0.15) is 11.1 Å². The van der Waals surface area contributed by atoms with Crippen molar-refractivity contribution < 1.29 is 4.79 Å². The first-order valence-electron chi connectivity index (χ1n) is 6.16. The van der Waals surface area contributed by atoms with Crippen LogP contribution in [-0.2, 0) is 17.8 Å². The highest BCUT2D eigenvalue weighted by atomic mass is 16.2. The number of amides is 1. The molecule has 1 aliphatic rings. The highest BCUT2D eigenvalue weighted by molar-refractivity contribution is 5.81. The molecule has 0 unspecified atom stereocenters. The summed E-state index contributed by atoms with van der Waals surface area (Å²) >= 11 is 0. The fraction of sp³-hybridized carbons (Fsp3) is 0.200. The average Bonchev–Trinajstić information content (AvgIpc) is 2.48. The zero-order valence-corrected chi connectivity index (χ0v) is 11.3. The van der Waals surface area contributed by atoms with Gasteiger partial charge in [0.2, 0.25) is 5.91 Å². The van der Waals surface area contributed by atoms with Crippen LogP contribution in [0.4, 0.5) is 5.69 Å². The molecule has 0 bridgehead atoms. The summed E-state index contributed by atoms with van der Waals surface area (Å²) in [5.74, 6) is 0.0667. The summed E-state index contributed by atoms with van der Waals surface area (Å²) in [7, 11) is 1.73. The number of carbonyl (C=O) groups excluding carboxylic acids is 1. The Hall–Kier alpha value is -3.30. The molecule has 1 aromatic rings. The second kappa shape index (κ2) is 5.77. The van der Waals surface area contributed by atoms with Gasteiger partial charge in [0.1, 0.15) is 23.9 Å². The SMILES string of the molecule is CN1Cc2cc(NC(C#N)=C(C#N)C#N)ccc2CC1=O. The lowest BCUT2D eigenvalue weighted by molar-refractivity contribution is -0.130. The van der Waals surface area contributed by atoms with Gasteiger partial charge in [0, 0.05) is 19.3 Å².